The average Bonchev–Trinajstić information content (AvgIpc) is 2.46. The van der Waals surface area contributed by atoms with E-state index in [2.05, 4.69) is 17.1 Å². The summed E-state index contributed by atoms with van der Waals surface area (Å²) in [5.41, 5.74) is 6.85. The van der Waals surface area contributed by atoms with Gasteiger partial charge < -0.3 is 25.4 Å². The minimum atomic E-state index is -0.484. The van der Waals surface area contributed by atoms with E-state index >= 15 is 0 Å². The molecule has 0 bridgehead atoms. The first-order chi connectivity index (χ1) is 11.1. The number of nitrogens with one attached hydrogen (secondary N) is 1. The maximum absolute atomic E-state index is 12.0. The number of benzene rings is 1. The summed E-state index contributed by atoms with van der Waals surface area (Å²) in [5, 5.41) is 3.02. The minimum Gasteiger partial charge on any atom is -0.495 e. The van der Waals surface area contributed by atoms with E-state index in [0.717, 1.165) is 31.6 Å². The van der Waals surface area contributed by atoms with Gasteiger partial charge in [0.15, 0.2) is 0 Å². The fourth-order valence-corrected chi connectivity index (χ4v) is 2.83. The second kappa shape index (κ2) is 6.79. The number of methoxy groups -OCH3 is 1. The molecule has 0 saturated carbocycles. The standard InChI is InChI=1S/C18H29N3O3/c1-17(2,3)24-16(22)20-18(4)8-10-21(11-9-18)13-6-7-14(19)15(12-13)23-5/h6-7,12H,8-11,19H2,1-5H3,(H,20,22). The van der Waals surface area contributed by atoms with Crippen LogP contribution in [0.3, 0.4) is 0 Å². The van der Waals surface area contributed by atoms with Gasteiger partial charge in [0, 0.05) is 30.4 Å². The number of nitrogens with two attached hydrogens (primary N) is 1. The number of carbonyl (C=O) groups excluding carboxylic acids is 1. The summed E-state index contributed by atoms with van der Waals surface area (Å²) in [7, 11) is 1.62. The molecule has 1 heterocycles. The molecule has 6 nitrogen and oxygen atoms in total. The maximum Gasteiger partial charge on any atom is 0.408 e. The van der Waals surface area contributed by atoms with Crippen LogP contribution in [0, 0.1) is 0 Å². The van der Waals surface area contributed by atoms with Crippen LogP contribution in [-0.4, -0.2) is 37.4 Å². The molecule has 3 N–H and O–H groups in total. The lowest BCUT2D eigenvalue weighted by molar-refractivity contribution is 0.0448. The van der Waals surface area contributed by atoms with Crippen molar-refractivity contribution in [2.75, 3.05) is 30.8 Å². The molecule has 24 heavy (non-hydrogen) atoms. The molecule has 1 aliphatic rings. The van der Waals surface area contributed by atoms with Gasteiger partial charge >= 0.3 is 6.09 Å². The molecule has 0 aromatic heterocycles. The molecule has 1 saturated heterocycles. The van der Waals surface area contributed by atoms with Gasteiger partial charge in [0.25, 0.3) is 0 Å². The van der Waals surface area contributed by atoms with Crippen molar-refractivity contribution in [3.05, 3.63) is 18.2 Å². The van der Waals surface area contributed by atoms with Crippen molar-refractivity contribution in [2.45, 2.75) is 51.7 Å². The summed E-state index contributed by atoms with van der Waals surface area (Å²) >= 11 is 0. The third-order valence-electron chi connectivity index (χ3n) is 4.25. The van der Waals surface area contributed by atoms with Crippen LogP contribution in [0.1, 0.15) is 40.5 Å². The van der Waals surface area contributed by atoms with Crippen LogP contribution in [0.4, 0.5) is 16.2 Å². The van der Waals surface area contributed by atoms with Gasteiger partial charge in [0.2, 0.25) is 0 Å². The number of piperidine rings is 1. The summed E-state index contributed by atoms with van der Waals surface area (Å²) in [6, 6.07) is 5.82. The number of ether oxygens (including phenoxy) is 2. The van der Waals surface area contributed by atoms with E-state index in [0.29, 0.717) is 11.4 Å². The highest BCUT2D eigenvalue weighted by molar-refractivity contribution is 5.69. The molecule has 2 rings (SSSR count). The molecule has 1 aromatic rings. The highest BCUT2D eigenvalue weighted by Crippen LogP contribution is 2.31. The van der Waals surface area contributed by atoms with Crippen LogP contribution in [-0.2, 0) is 4.74 Å². The lowest BCUT2D eigenvalue weighted by Crippen LogP contribution is -2.54. The number of amides is 1. The SMILES string of the molecule is COc1cc(N2CCC(C)(NC(=O)OC(C)(C)C)CC2)ccc1N. The fourth-order valence-electron chi connectivity index (χ4n) is 2.83. The van der Waals surface area contributed by atoms with Crippen LogP contribution in [0.2, 0.25) is 0 Å². The smallest absolute Gasteiger partial charge is 0.408 e. The second-order valence-corrected chi connectivity index (χ2v) is 7.60. The number of hydrogen-bond acceptors (Lipinski definition) is 5. The molecule has 1 fully saturated rings. The molecule has 0 spiro atoms. The molecular formula is C18H29N3O3. The van der Waals surface area contributed by atoms with Crippen LogP contribution in [0.25, 0.3) is 0 Å². The van der Waals surface area contributed by atoms with E-state index in [1.165, 1.54) is 0 Å². The largest absolute Gasteiger partial charge is 0.495 e. The molecule has 134 valence electrons. The van der Waals surface area contributed by atoms with Crippen molar-refractivity contribution in [1.82, 2.24) is 5.32 Å². The molecule has 0 unspecified atom stereocenters. The normalized spacial score (nSPS) is 17.3. The molecule has 0 radical (unpaired) electrons. The summed E-state index contributed by atoms with van der Waals surface area (Å²) < 4.78 is 10.7. The predicted molar refractivity (Wildman–Crippen MR) is 96.6 cm³/mol. The first kappa shape index (κ1) is 18.2. The number of hydrogen-bond donors (Lipinski definition) is 2. The van der Waals surface area contributed by atoms with Crippen molar-refractivity contribution >= 4 is 17.5 Å². The van der Waals surface area contributed by atoms with Crippen LogP contribution < -0.4 is 20.7 Å². The number of anilines is 2. The Morgan fingerprint density at radius 3 is 2.46 bits per heavy atom. The Labute approximate surface area is 144 Å². The quantitative estimate of drug-likeness (QED) is 0.830. The Balaban J connectivity index is 1.96. The highest BCUT2D eigenvalue weighted by Gasteiger charge is 2.33. The third-order valence-corrected chi connectivity index (χ3v) is 4.25. The molecular weight excluding hydrogens is 306 g/mol. The van der Waals surface area contributed by atoms with E-state index < -0.39 is 5.60 Å². The minimum absolute atomic E-state index is 0.253. The monoisotopic (exact) mass is 335 g/mol. The zero-order chi connectivity index (χ0) is 18.0. The molecule has 0 aliphatic carbocycles. The Kier molecular flexibility index (Phi) is 5.16. The Morgan fingerprint density at radius 2 is 1.92 bits per heavy atom. The molecule has 6 heteroatoms. The van der Waals surface area contributed by atoms with Crippen molar-refractivity contribution < 1.29 is 14.3 Å². The number of nitrogens with zero attached hydrogens (tertiary/aromatic N) is 1. The van der Waals surface area contributed by atoms with E-state index in [-0.39, 0.29) is 11.6 Å². The van der Waals surface area contributed by atoms with E-state index in [9.17, 15) is 4.79 Å². The summed E-state index contributed by atoms with van der Waals surface area (Å²) in [6.07, 6.45) is 1.34. The zero-order valence-electron chi connectivity index (χ0n) is 15.3. The average molecular weight is 335 g/mol. The van der Waals surface area contributed by atoms with Gasteiger partial charge in [-0.1, -0.05) is 0 Å². The van der Waals surface area contributed by atoms with Crippen molar-refractivity contribution in [3.63, 3.8) is 0 Å². The predicted octanol–water partition coefficient (Wildman–Crippen LogP) is 3.16. The zero-order valence-corrected chi connectivity index (χ0v) is 15.3. The lowest BCUT2D eigenvalue weighted by Gasteiger charge is -2.41. The van der Waals surface area contributed by atoms with Crippen molar-refractivity contribution in [1.29, 1.82) is 0 Å². The Hall–Kier alpha value is -2.11. The van der Waals surface area contributed by atoms with E-state index in [4.69, 9.17) is 15.2 Å². The van der Waals surface area contributed by atoms with E-state index in [1.54, 1.807) is 7.11 Å². The number of rotatable bonds is 3. The van der Waals surface area contributed by atoms with Crippen molar-refractivity contribution in [3.8, 4) is 5.75 Å². The Morgan fingerprint density at radius 1 is 1.29 bits per heavy atom. The Bertz CT molecular complexity index is 588. The lowest BCUT2D eigenvalue weighted by atomic mass is 9.89. The summed E-state index contributed by atoms with van der Waals surface area (Å²) in [6.45, 7) is 9.36. The number of alkyl carbamates (subject to hydrolysis) is 1. The van der Waals surface area contributed by atoms with Crippen LogP contribution in [0.15, 0.2) is 18.2 Å². The van der Waals surface area contributed by atoms with Gasteiger partial charge in [-0.05, 0) is 52.7 Å². The van der Waals surface area contributed by atoms with Gasteiger partial charge in [-0.3, -0.25) is 0 Å². The second-order valence-electron chi connectivity index (χ2n) is 7.60. The van der Waals surface area contributed by atoms with Crippen LogP contribution >= 0.6 is 0 Å². The maximum atomic E-state index is 12.0. The number of nitrogen functional groups attached to an aromatic ring is 1. The van der Waals surface area contributed by atoms with Gasteiger partial charge in [-0.2, -0.15) is 0 Å². The first-order valence-corrected chi connectivity index (χ1v) is 8.31. The molecule has 0 atom stereocenters. The topological polar surface area (TPSA) is 76.8 Å². The van der Waals surface area contributed by atoms with Gasteiger partial charge in [-0.25, -0.2) is 4.79 Å². The van der Waals surface area contributed by atoms with Gasteiger partial charge in [0.1, 0.15) is 11.4 Å². The summed E-state index contributed by atoms with van der Waals surface area (Å²) in [5.74, 6) is 0.688. The first-order valence-electron chi connectivity index (χ1n) is 8.31. The summed E-state index contributed by atoms with van der Waals surface area (Å²) in [4.78, 5) is 14.3. The highest BCUT2D eigenvalue weighted by atomic mass is 16.6. The molecule has 1 aliphatic heterocycles. The molecule has 1 aromatic carbocycles. The van der Waals surface area contributed by atoms with E-state index in [1.807, 2.05) is 39.0 Å². The third kappa shape index (κ3) is 4.69. The van der Waals surface area contributed by atoms with Gasteiger partial charge in [-0.15, -0.1) is 0 Å². The van der Waals surface area contributed by atoms with Crippen LogP contribution in [0.5, 0.6) is 5.75 Å². The van der Waals surface area contributed by atoms with Gasteiger partial charge in [0.05, 0.1) is 12.8 Å². The fraction of sp³-hybridized carbons (Fsp3) is 0.611. The number of carbonyl (C=O) groups is 1. The van der Waals surface area contributed by atoms with Crippen molar-refractivity contribution in [2.24, 2.45) is 0 Å². The molecule has 1 amide bonds.